The Morgan fingerprint density at radius 2 is 2.12 bits per heavy atom. The second kappa shape index (κ2) is 5.83. The molecule has 0 aromatic heterocycles. The van der Waals surface area contributed by atoms with Gasteiger partial charge in [0.15, 0.2) is 0 Å². The summed E-state index contributed by atoms with van der Waals surface area (Å²) in [5.41, 5.74) is 2.28. The van der Waals surface area contributed by atoms with Gasteiger partial charge in [-0.3, -0.25) is 0 Å². The summed E-state index contributed by atoms with van der Waals surface area (Å²) in [5, 5.41) is 20.4. The quantitative estimate of drug-likeness (QED) is 0.791. The molecule has 0 amide bonds. The zero-order chi connectivity index (χ0) is 17.6. The highest BCUT2D eigenvalue weighted by Gasteiger charge is 2.46. The Morgan fingerprint density at radius 1 is 1.42 bits per heavy atom. The molecule has 0 bridgehead atoms. The number of phenols is 1. The minimum absolute atomic E-state index is 0.00581. The van der Waals surface area contributed by atoms with Crippen molar-refractivity contribution in [3.8, 4) is 11.5 Å². The van der Waals surface area contributed by atoms with Gasteiger partial charge in [-0.25, -0.2) is 4.79 Å². The number of carboxylic acids is 1. The first-order valence-electron chi connectivity index (χ1n) is 8.74. The molecule has 1 heterocycles. The van der Waals surface area contributed by atoms with E-state index in [-0.39, 0.29) is 28.7 Å². The fraction of sp³-hybridized carbons (Fsp3) is 0.550. The van der Waals surface area contributed by atoms with Crippen LogP contribution in [0.4, 0.5) is 0 Å². The SMILES string of the molecule is CCCc1cc2c(c(O)c1C(=O)O)C1C=C(C)CC[C@@H]1C(C)(C)O2. The summed E-state index contributed by atoms with van der Waals surface area (Å²) in [7, 11) is 0. The van der Waals surface area contributed by atoms with Crippen molar-refractivity contribution in [3.05, 3.63) is 34.4 Å². The maximum absolute atomic E-state index is 11.7. The van der Waals surface area contributed by atoms with Gasteiger partial charge in [0.25, 0.3) is 0 Å². The van der Waals surface area contributed by atoms with Crippen molar-refractivity contribution < 1.29 is 19.7 Å². The average Bonchev–Trinajstić information content (AvgIpc) is 2.45. The van der Waals surface area contributed by atoms with Gasteiger partial charge in [0.05, 0.1) is 0 Å². The molecule has 3 rings (SSSR count). The molecule has 1 aromatic carbocycles. The van der Waals surface area contributed by atoms with Crippen LogP contribution in [-0.4, -0.2) is 21.8 Å². The standard InChI is InChI=1S/C20H26O4/c1-5-6-12-10-15-17(18(21)16(12)19(22)23)13-9-11(2)7-8-14(13)20(3,4)24-15/h9-10,13-14,21H,5-8H2,1-4H3,(H,22,23)/t13?,14-/m0/s1. The molecule has 1 aromatic rings. The normalized spacial score (nSPS) is 24.4. The summed E-state index contributed by atoms with van der Waals surface area (Å²) < 4.78 is 6.24. The summed E-state index contributed by atoms with van der Waals surface area (Å²) in [5.74, 6) is -0.306. The van der Waals surface area contributed by atoms with Crippen LogP contribution in [0.1, 0.15) is 74.4 Å². The van der Waals surface area contributed by atoms with Crippen LogP contribution >= 0.6 is 0 Å². The Labute approximate surface area is 143 Å². The number of hydrogen-bond acceptors (Lipinski definition) is 3. The molecule has 2 atom stereocenters. The Hall–Kier alpha value is -1.97. The molecule has 0 saturated carbocycles. The molecular weight excluding hydrogens is 304 g/mol. The second-order valence-electron chi connectivity index (χ2n) is 7.62. The average molecular weight is 330 g/mol. The molecule has 1 aliphatic heterocycles. The zero-order valence-electron chi connectivity index (χ0n) is 14.8. The lowest BCUT2D eigenvalue weighted by molar-refractivity contribution is 0.0106. The largest absolute Gasteiger partial charge is 0.507 e. The minimum Gasteiger partial charge on any atom is -0.507 e. The second-order valence-corrected chi connectivity index (χ2v) is 7.62. The smallest absolute Gasteiger partial charge is 0.339 e. The van der Waals surface area contributed by atoms with Crippen LogP contribution in [0.5, 0.6) is 11.5 Å². The molecule has 0 radical (unpaired) electrons. The van der Waals surface area contributed by atoms with E-state index in [0.717, 1.165) is 19.3 Å². The summed E-state index contributed by atoms with van der Waals surface area (Å²) in [6.45, 7) is 8.27. The molecule has 2 N–H and O–H groups in total. The van der Waals surface area contributed by atoms with Gasteiger partial charge in [0, 0.05) is 17.4 Å². The first-order chi connectivity index (χ1) is 11.3. The minimum atomic E-state index is -1.07. The van der Waals surface area contributed by atoms with Crippen molar-refractivity contribution >= 4 is 5.97 Å². The number of carbonyl (C=O) groups is 1. The van der Waals surface area contributed by atoms with Crippen LogP contribution in [-0.2, 0) is 6.42 Å². The summed E-state index contributed by atoms with van der Waals surface area (Å²) in [6, 6.07) is 1.83. The molecule has 1 unspecified atom stereocenters. The van der Waals surface area contributed by atoms with E-state index in [2.05, 4.69) is 26.8 Å². The van der Waals surface area contributed by atoms with Crippen molar-refractivity contribution in [1.82, 2.24) is 0 Å². The van der Waals surface area contributed by atoms with Gasteiger partial charge in [-0.15, -0.1) is 0 Å². The van der Waals surface area contributed by atoms with Crippen molar-refractivity contribution in [2.24, 2.45) is 5.92 Å². The van der Waals surface area contributed by atoms with E-state index in [9.17, 15) is 15.0 Å². The predicted octanol–water partition coefficient (Wildman–Crippen LogP) is 4.65. The number of hydrogen-bond donors (Lipinski definition) is 2. The van der Waals surface area contributed by atoms with E-state index in [1.54, 1.807) is 0 Å². The number of aryl methyl sites for hydroxylation is 1. The highest BCUT2D eigenvalue weighted by atomic mass is 16.5. The fourth-order valence-corrected chi connectivity index (χ4v) is 4.32. The summed E-state index contributed by atoms with van der Waals surface area (Å²) >= 11 is 0. The van der Waals surface area contributed by atoms with Gasteiger partial charge < -0.3 is 14.9 Å². The van der Waals surface area contributed by atoms with E-state index in [1.807, 2.05) is 13.0 Å². The van der Waals surface area contributed by atoms with Crippen molar-refractivity contribution in [3.63, 3.8) is 0 Å². The lowest BCUT2D eigenvalue weighted by Crippen LogP contribution is -2.45. The molecule has 1 aliphatic carbocycles. The number of aromatic hydroxyl groups is 1. The molecule has 0 fully saturated rings. The highest BCUT2D eigenvalue weighted by Crippen LogP contribution is 2.54. The summed E-state index contributed by atoms with van der Waals surface area (Å²) in [4.78, 5) is 11.7. The molecule has 0 saturated heterocycles. The highest BCUT2D eigenvalue weighted by molar-refractivity contribution is 5.94. The number of benzene rings is 1. The van der Waals surface area contributed by atoms with Crippen molar-refractivity contribution in [1.29, 1.82) is 0 Å². The Bertz CT molecular complexity index is 715. The van der Waals surface area contributed by atoms with Gasteiger partial charge in [-0.1, -0.05) is 25.0 Å². The maximum Gasteiger partial charge on any atom is 0.339 e. The third kappa shape index (κ3) is 2.58. The van der Waals surface area contributed by atoms with Gasteiger partial charge >= 0.3 is 5.97 Å². The first-order valence-corrected chi connectivity index (χ1v) is 8.74. The summed E-state index contributed by atoms with van der Waals surface area (Å²) in [6.07, 6.45) is 5.60. The lowest BCUT2D eigenvalue weighted by atomic mass is 9.67. The molecule has 0 spiro atoms. The van der Waals surface area contributed by atoms with Crippen LogP contribution in [0.2, 0.25) is 0 Å². The zero-order valence-corrected chi connectivity index (χ0v) is 14.8. The Morgan fingerprint density at radius 3 is 2.75 bits per heavy atom. The number of rotatable bonds is 3. The molecule has 2 aliphatic rings. The van der Waals surface area contributed by atoms with Gasteiger partial charge in [0.1, 0.15) is 22.7 Å². The van der Waals surface area contributed by atoms with E-state index in [1.165, 1.54) is 5.57 Å². The number of ether oxygens (including phenoxy) is 1. The van der Waals surface area contributed by atoms with Crippen LogP contribution < -0.4 is 4.74 Å². The fourth-order valence-electron chi connectivity index (χ4n) is 4.32. The predicted molar refractivity (Wildman–Crippen MR) is 93.0 cm³/mol. The van der Waals surface area contributed by atoms with Crippen LogP contribution in [0.15, 0.2) is 17.7 Å². The van der Waals surface area contributed by atoms with Crippen molar-refractivity contribution in [2.45, 2.75) is 64.9 Å². The van der Waals surface area contributed by atoms with Crippen LogP contribution in [0, 0.1) is 5.92 Å². The third-order valence-electron chi connectivity index (χ3n) is 5.46. The van der Waals surface area contributed by atoms with E-state index >= 15 is 0 Å². The monoisotopic (exact) mass is 330 g/mol. The third-order valence-corrected chi connectivity index (χ3v) is 5.46. The molecule has 24 heavy (non-hydrogen) atoms. The maximum atomic E-state index is 11.7. The van der Waals surface area contributed by atoms with Crippen LogP contribution in [0.25, 0.3) is 0 Å². The van der Waals surface area contributed by atoms with E-state index in [4.69, 9.17) is 4.74 Å². The van der Waals surface area contributed by atoms with Gasteiger partial charge in [-0.05, 0) is 51.7 Å². The molecule has 130 valence electrons. The first kappa shape index (κ1) is 16.9. The lowest BCUT2D eigenvalue weighted by Gasteiger charge is -2.46. The van der Waals surface area contributed by atoms with Crippen molar-refractivity contribution in [2.75, 3.05) is 0 Å². The number of allylic oxidation sites excluding steroid dienone is 2. The number of aromatic carboxylic acids is 1. The van der Waals surface area contributed by atoms with E-state index < -0.39 is 5.97 Å². The molecule has 4 nitrogen and oxygen atoms in total. The molecule has 4 heteroatoms. The van der Waals surface area contributed by atoms with Gasteiger partial charge in [-0.2, -0.15) is 0 Å². The number of carboxylic acid groups (broad SMARTS) is 1. The topological polar surface area (TPSA) is 66.8 Å². The Balaban J connectivity index is 2.26. The Kier molecular flexibility index (Phi) is 4.10. The van der Waals surface area contributed by atoms with Crippen LogP contribution in [0.3, 0.4) is 0 Å². The molecular formula is C20H26O4. The van der Waals surface area contributed by atoms with E-state index in [0.29, 0.717) is 23.3 Å². The van der Waals surface area contributed by atoms with Gasteiger partial charge in [0.2, 0.25) is 0 Å². The number of fused-ring (bicyclic) bond motifs is 3.